The Balaban J connectivity index is 2.19. The molecule has 3 aromatic rings. The number of imidazole rings is 1. The molecule has 6 heteroatoms. The number of nitrogens with one attached hydrogen (secondary N) is 1. The molecule has 0 atom stereocenters. The highest BCUT2D eigenvalue weighted by molar-refractivity contribution is 5.78. The Kier molecular flexibility index (Phi) is 1.98. The summed E-state index contributed by atoms with van der Waals surface area (Å²) in [5, 5.41) is 4.16. The summed E-state index contributed by atoms with van der Waals surface area (Å²) in [5.74, 6) is -1.31. The minimum atomic E-state index is -0.906. The van der Waals surface area contributed by atoms with Crippen LogP contribution in [0.5, 0.6) is 0 Å². The number of fused-ring (bicyclic) bond motifs is 1. The highest BCUT2D eigenvalue weighted by atomic mass is 19.2. The van der Waals surface area contributed by atoms with Gasteiger partial charge in [-0.2, -0.15) is 5.10 Å². The number of aromatic amines is 1. The van der Waals surface area contributed by atoms with Gasteiger partial charge in [0.15, 0.2) is 17.5 Å². The second-order valence-electron chi connectivity index (χ2n) is 3.74. The van der Waals surface area contributed by atoms with E-state index in [9.17, 15) is 8.78 Å². The summed E-state index contributed by atoms with van der Waals surface area (Å²) in [6, 6.07) is 3.92. The SMILES string of the molecule is Cn1ccc(-c2nc3cc(F)c(F)cc3[nH]2)n1. The number of aromatic nitrogens is 4. The molecule has 0 amide bonds. The third kappa shape index (κ3) is 1.57. The zero-order valence-electron chi connectivity index (χ0n) is 8.91. The summed E-state index contributed by atoms with van der Waals surface area (Å²) >= 11 is 0. The Morgan fingerprint density at radius 1 is 1.24 bits per heavy atom. The molecule has 0 aliphatic carbocycles. The minimum Gasteiger partial charge on any atom is -0.336 e. The van der Waals surface area contributed by atoms with Crippen LogP contribution in [0.15, 0.2) is 24.4 Å². The lowest BCUT2D eigenvalue weighted by atomic mass is 10.3. The van der Waals surface area contributed by atoms with Crippen molar-refractivity contribution >= 4 is 11.0 Å². The minimum absolute atomic E-state index is 0.379. The predicted octanol–water partition coefficient (Wildman–Crippen LogP) is 2.24. The van der Waals surface area contributed by atoms with Crippen LogP contribution in [0, 0.1) is 11.6 Å². The zero-order valence-corrected chi connectivity index (χ0v) is 8.91. The first-order valence-electron chi connectivity index (χ1n) is 4.98. The van der Waals surface area contributed by atoms with Crippen molar-refractivity contribution in [2.45, 2.75) is 0 Å². The van der Waals surface area contributed by atoms with Gasteiger partial charge in [0.25, 0.3) is 0 Å². The molecule has 0 fully saturated rings. The maximum absolute atomic E-state index is 13.0. The molecule has 3 rings (SSSR count). The van der Waals surface area contributed by atoms with Gasteiger partial charge in [-0.1, -0.05) is 0 Å². The van der Waals surface area contributed by atoms with E-state index < -0.39 is 11.6 Å². The molecule has 1 N–H and O–H groups in total. The number of benzene rings is 1. The topological polar surface area (TPSA) is 46.5 Å². The summed E-state index contributed by atoms with van der Waals surface area (Å²) in [7, 11) is 1.78. The van der Waals surface area contributed by atoms with Gasteiger partial charge < -0.3 is 4.98 Å². The predicted molar refractivity (Wildman–Crippen MR) is 58.2 cm³/mol. The normalized spacial score (nSPS) is 11.2. The van der Waals surface area contributed by atoms with Gasteiger partial charge in [-0.15, -0.1) is 0 Å². The molecule has 0 bridgehead atoms. The maximum Gasteiger partial charge on any atom is 0.161 e. The van der Waals surface area contributed by atoms with Crippen molar-refractivity contribution in [3.63, 3.8) is 0 Å². The van der Waals surface area contributed by atoms with Gasteiger partial charge in [-0.05, 0) is 6.07 Å². The number of rotatable bonds is 1. The molecule has 0 saturated carbocycles. The molecule has 0 aliphatic rings. The Labute approximate surface area is 94.9 Å². The van der Waals surface area contributed by atoms with Crippen LogP contribution in [-0.2, 0) is 7.05 Å². The van der Waals surface area contributed by atoms with Crippen molar-refractivity contribution in [1.82, 2.24) is 19.7 Å². The molecule has 4 nitrogen and oxygen atoms in total. The fraction of sp³-hybridized carbons (Fsp3) is 0.0909. The summed E-state index contributed by atoms with van der Waals surface area (Å²) in [6.07, 6.45) is 1.77. The van der Waals surface area contributed by atoms with Crippen molar-refractivity contribution in [3.8, 4) is 11.5 Å². The molecule has 0 unspecified atom stereocenters. The van der Waals surface area contributed by atoms with Gasteiger partial charge in [-0.25, -0.2) is 13.8 Å². The van der Waals surface area contributed by atoms with E-state index in [1.165, 1.54) is 0 Å². The van der Waals surface area contributed by atoms with Crippen LogP contribution in [0.1, 0.15) is 0 Å². The van der Waals surface area contributed by atoms with Crippen molar-refractivity contribution in [3.05, 3.63) is 36.0 Å². The van der Waals surface area contributed by atoms with E-state index in [1.807, 2.05) is 0 Å². The lowest BCUT2D eigenvalue weighted by Crippen LogP contribution is -1.88. The van der Waals surface area contributed by atoms with Crippen molar-refractivity contribution in [1.29, 1.82) is 0 Å². The van der Waals surface area contributed by atoms with Gasteiger partial charge in [0.1, 0.15) is 5.69 Å². The van der Waals surface area contributed by atoms with E-state index in [4.69, 9.17) is 0 Å². The molecule has 0 radical (unpaired) electrons. The lowest BCUT2D eigenvalue weighted by Gasteiger charge is -1.90. The first kappa shape index (κ1) is 9.95. The van der Waals surface area contributed by atoms with Crippen LogP contribution in [0.2, 0.25) is 0 Å². The van der Waals surface area contributed by atoms with Crippen LogP contribution < -0.4 is 0 Å². The summed E-state index contributed by atoms with van der Waals surface area (Å²) in [5.41, 5.74) is 1.46. The van der Waals surface area contributed by atoms with E-state index in [0.29, 0.717) is 22.6 Å². The number of aryl methyl sites for hydroxylation is 1. The summed E-state index contributed by atoms with van der Waals surface area (Å²) < 4.78 is 27.7. The quantitative estimate of drug-likeness (QED) is 0.701. The fourth-order valence-electron chi connectivity index (χ4n) is 1.67. The van der Waals surface area contributed by atoms with Gasteiger partial charge in [0.2, 0.25) is 0 Å². The number of H-pyrrole nitrogens is 1. The molecule has 17 heavy (non-hydrogen) atoms. The van der Waals surface area contributed by atoms with E-state index in [0.717, 1.165) is 12.1 Å². The standard InChI is InChI=1S/C11H8F2N4/c1-17-3-2-8(16-17)11-14-9-4-6(12)7(13)5-10(9)15-11/h2-5H,1H3,(H,14,15). The van der Waals surface area contributed by atoms with Crippen molar-refractivity contribution in [2.75, 3.05) is 0 Å². The fourth-order valence-corrected chi connectivity index (χ4v) is 1.67. The molecular formula is C11H8F2N4. The van der Waals surface area contributed by atoms with Crippen LogP contribution >= 0.6 is 0 Å². The Hall–Kier alpha value is -2.24. The third-order valence-electron chi connectivity index (χ3n) is 2.48. The Bertz CT molecular complexity index is 660. The number of halogens is 2. The second-order valence-corrected chi connectivity index (χ2v) is 3.74. The average molecular weight is 234 g/mol. The van der Waals surface area contributed by atoms with Gasteiger partial charge in [-0.3, -0.25) is 4.68 Å². The molecule has 1 aromatic carbocycles. The summed E-state index contributed by atoms with van der Waals surface area (Å²) in [6.45, 7) is 0. The van der Waals surface area contributed by atoms with Crippen LogP contribution in [0.4, 0.5) is 8.78 Å². The van der Waals surface area contributed by atoms with E-state index in [-0.39, 0.29) is 0 Å². The maximum atomic E-state index is 13.0. The molecule has 0 saturated heterocycles. The van der Waals surface area contributed by atoms with Crippen LogP contribution in [-0.4, -0.2) is 19.7 Å². The largest absolute Gasteiger partial charge is 0.336 e. The van der Waals surface area contributed by atoms with E-state index >= 15 is 0 Å². The van der Waals surface area contributed by atoms with Gasteiger partial charge in [0.05, 0.1) is 11.0 Å². The number of hydrogen-bond acceptors (Lipinski definition) is 2. The first-order chi connectivity index (χ1) is 8.13. The van der Waals surface area contributed by atoms with E-state index in [1.54, 1.807) is 24.0 Å². The number of nitrogens with zero attached hydrogens (tertiary/aromatic N) is 3. The van der Waals surface area contributed by atoms with Crippen LogP contribution in [0.25, 0.3) is 22.6 Å². The molecule has 86 valence electrons. The monoisotopic (exact) mass is 234 g/mol. The Morgan fingerprint density at radius 3 is 2.71 bits per heavy atom. The average Bonchev–Trinajstić information content (AvgIpc) is 2.85. The lowest BCUT2D eigenvalue weighted by molar-refractivity contribution is 0.510. The van der Waals surface area contributed by atoms with Crippen molar-refractivity contribution in [2.24, 2.45) is 7.05 Å². The zero-order chi connectivity index (χ0) is 12.0. The Morgan fingerprint density at radius 2 is 2.00 bits per heavy atom. The smallest absolute Gasteiger partial charge is 0.161 e. The molecule has 2 aromatic heterocycles. The van der Waals surface area contributed by atoms with Crippen LogP contribution in [0.3, 0.4) is 0 Å². The highest BCUT2D eigenvalue weighted by Crippen LogP contribution is 2.21. The van der Waals surface area contributed by atoms with Gasteiger partial charge >= 0.3 is 0 Å². The molecule has 2 heterocycles. The van der Waals surface area contributed by atoms with E-state index in [2.05, 4.69) is 15.1 Å². The molecule has 0 aliphatic heterocycles. The number of hydrogen-bond donors (Lipinski definition) is 1. The second kappa shape index (κ2) is 3.38. The molecular weight excluding hydrogens is 226 g/mol. The first-order valence-corrected chi connectivity index (χ1v) is 4.98. The highest BCUT2D eigenvalue weighted by Gasteiger charge is 2.11. The van der Waals surface area contributed by atoms with Gasteiger partial charge in [0, 0.05) is 25.4 Å². The summed E-state index contributed by atoms with van der Waals surface area (Å²) in [4.78, 5) is 7.06. The third-order valence-corrected chi connectivity index (χ3v) is 2.48. The van der Waals surface area contributed by atoms with Crippen molar-refractivity contribution < 1.29 is 8.78 Å². The molecule has 0 spiro atoms.